The number of nitrogens with one attached hydrogen (secondary N) is 1. The van der Waals surface area contributed by atoms with Crippen molar-refractivity contribution in [2.45, 2.75) is 56.9 Å². The summed E-state index contributed by atoms with van der Waals surface area (Å²) in [6.45, 7) is 3.37. The van der Waals surface area contributed by atoms with Crippen molar-refractivity contribution in [2.75, 3.05) is 13.2 Å². The van der Waals surface area contributed by atoms with Crippen LogP contribution >= 0.6 is 0 Å². The smallest absolute Gasteiger partial charge is 0.231 e. The minimum absolute atomic E-state index is 0.00755. The zero-order chi connectivity index (χ0) is 18.7. The van der Waals surface area contributed by atoms with Gasteiger partial charge in [0.05, 0.1) is 11.5 Å². The molecule has 0 spiro atoms. The van der Waals surface area contributed by atoms with E-state index in [-0.39, 0.29) is 11.9 Å². The minimum atomic E-state index is -0.484. The predicted octanol–water partition coefficient (Wildman–Crippen LogP) is 4.49. The van der Waals surface area contributed by atoms with Crippen molar-refractivity contribution < 1.29 is 9.53 Å². The van der Waals surface area contributed by atoms with E-state index in [0.717, 1.165) is 24.8 Å². The molecule has 1 aliphatic carbocycles. The summed E-state index contributed by atoms with van der Waals surface area (Å²) in [5.41, 5.74) is 4.77. The van der Waals surface area contributed by atoms with Crippen molar-refractivity contribution in [1.82, 2.24) is 5.32 Å². The largest absolute Gasteiger partial charge is 0.381 e. The molecule has 1 aliphatic heterocycles. The fourth-order valence-electron chi connectivity index (χ4n) is 4.56. The fraction of sp³-hybridized carbons (Fsp3) is 0.458. The highest BCUT2D eigenvalue weighted by Gasteiger charge is 2.42. The second kappa shape index (κ2) is 7.85. The van der Waals surface area contributed by atoms with Gasteiger partial charge < -0.3 is 10.1 Å². The zero-order valence-electron chi connectivity index (χ0n) is 16.2. The molecule has 0 radical (unpaired) electrons. The predicted molar refractivity (Wildman–Crippen MR) is 108 cm³/mol. The van der Waals surface area contributed by atoms with Gasteiger partial charge in [0.25, 0.3) is 0 Å². The molecule has 0 aromatic heterocycles. The van der Waals surface area contributed by atoms with Crippen molar-refractivity contribution in [2.24, 2.45) is 0 Å². The third-order valence-electron chi connectivity index (χ3n) is 6.33. The summed E-state index contributed by atoms with van der Waals surface area (Å²) < 4.78 is 5.57. The second-order valence-electron chi connectivity index (χ2n) is 7.99. The first-order valence-electron chi connectivity index (χ1n) is 10.2. The van der Waals surface area contributed by atoms with E-state index in [9.17, 15) is 4.79 Å². The lowest BCUT2D eigenvalue weighted by Gasteiger charge is -2.37. The average Bonchev–Trinajstić information content (AvgIpc) is 2.74. The third-order valence-corrected chi connectivity index (χ3v) is 6.33. The highest BCUT2D eigenvalue weighted by atomic mass is 16.5. The van der Waals surface area contributed by atoms with Crippen molar-refractivity contribution in [3.8, 4) is 0 Å². The maximum absolute atomic E-state index is 13.4. The molecule has 2 aromatic rings. The number of ether oxygens (including phenoxy) is 1. The average molecular weight is 364 g/mol. The number of hydrogen-bond acceptors (Lipinski definition) is 2. The number of amides is 1. The van der Waals surface area contributed by atoms with Crippen LogP contribution < -0.4 is 5.32 Å². The molecule has 1 amide bonds. The summed E-state index contributed by atoms with van der Waals surface area (Å²) in [5, 5.41) is 3.32. The molecule has 0 bridgehead atoms. The first-order chi connectivity index (χ1) is 13.2. The van der Waals surface area contributed by atoms with Gasteiger partial charge in [-0.05, 0) is 67.7 Å². The van der Waals surface area contributed by atoms with Gasteiger partial charge in [0.2, 0.25) is 5.91 Å². The summed E-state index contributed by atoms with van der Waals surface area (Å²) in [6.07, 6.45) is 6.39. The fourth-order valence-corrected chi connectivity index (χ4v) is 4.56. The van der Waals surface area contributed by atoms with Crippen LogP contribution in [0.3, 0.4) is 0 Å². The highest BCUT2D eigenvalue weighted by Crippen LogP contribution is 2.36. The summed E-state index contributed by atoms with van der Waals surface area (Å²) in [6, 6.07) is 17.0. The van der Waals surface area contributed by atoms with Crippen LogP contribution in [0.15, 0.2) is 48.5 Å². The number of carbonyl (C=O) groups excluding carboxylic acids is 1. The highest BCUT2D eigenvalue weighted by molar-refractivity contribution is 5.88. The lowest BCUT2D eigenvalue weighted by molar-refractivity contribution is -0.131. The summed E-state index contributed by atoms with van der Waals surface area (Å²) in [4.78, 5) is 13.4. The van der Waals surface area contributed by atoms with E-state index in [4.69, 9.17) is 4.74 Å². The van der Waals surface area contributed by atoms with Crippen molar-refractivity contribution in [1.29, 1.82) is 0 Å². The first-order valence-corrected chi connectivity index (χ1v) is 10.2. The molecule has 4 rings (SSSR count). The van der Waals surface area contributed by atoms with E-state index >= 15 is 0 Å². The normalized spacial score (nSPS) is 19.7. The Morgan fingerprint density at radius 3 is 2.44 bits per heavy atom. The van der Waals surface area contributed by atoms with Crippen LogP contribution in [0, 0.1) is 0 Å². The molecule has 2 aliphatic rings. The molecule has 27 heavy (non-hydrogen) atoms. The molecule has 1 atom stereocenters. The Kier molecular flexibility index (Phi) is 5.31. The lowest BCUT2D eigenvalue weighted by Crippen LogP contribution is -2.48. The van der Waals surface area contributed by atoms with Crippen LogP contribution in [-0.4, -0.2) is 19.1 Å². The number of carbonyl (C=O) groups is 1. The topological polar surface area (TPSA) is 38.3 Å². The van der Waals surface area contributed by atoms with Gasteiger partial charge in [-0.25, -0.2) is 0 Å². The number of rotatable bonds is 4. The van der Waals surface area contributed by atoms with Gasteiger partial charge in [0.15, 0.2) is 0 Å². The van der Waals surface area contributed by atoms with Gasteiger partial charge in [0, 0.05) is 13.2 Å². The molecule has 1 heterocycles. The molecule has 2 aromatic carbocycles. The van der Waals surface area contributed by atoms with Crippen LogP contribution in [0.25, 0.3) is 0 Å². The Bertz CT molecular complexity index is 793. The molecule has 1 saturated heterocycles. The van der Waals surface area contributed by atoms with E-state index in [1.165, 1.54) is 36.0 Å². The quantitative estimate of drug-likeness (QED) is 0.869. The maximum Gasteiger partial charge on any atom is 0.231 e. The number of benzene rings is 2. The van der Waals surface area contributed by atoms with E-state index < -0.39 is 5.41 Å². The Labute approximate surface area is 162 Å². The first kappa shape index (κ1) is 18.2. The Balaban J connectivity index is 1.56. The number of hydrogen-bond donors (Lipinski definition) is 1. The molecule has 1 fully saturated rings. The van der Waals surface area contributed by atoms with Crippen LogP contribution in [-0.2, 0) is 27.8 Å². The minimum Gasteiger partial charge on any atom is -0.381 e. The monoisotopic (exact) mass is 363 g/mol. The van der Waals surface area contributed by atoms with E-state index in [1.807, 2.05) is 18.2 Å². The molecule has 0 unspecified atom stereocenters. The standard InChI is InChI=1S/C24H29NO2/c1-18(20-12-11-19-7-5-6-8-21(19)17-20)25-23(26)24(13-15-27-16-14-24)22-9-3-2-4-10-22/h2-4,9-12,17-18H,5-8,13-16H2,1H3,(H,25,26)/t18-/m0/s1. The Morgan fingerprint density at radius 2 is 1.70 bits per heavy atom. The van der Waals surface area contributed by atoms with Crippen molar-refractivity contribution in [3.63, 3.8) is 0 Å². The molecule has 142 valence electrons. The molecule has 3 nitrogen and oxygen atoms in total. The van der Waals surface area contributed by atoms with Crippen LogP contribution in [0.2, 0.25) is 0 Å². The van der Waals surface area contributed by atoms with E-state index in [0.29, 0.717) is 13.2 Å². The van der Waals surface area contributed by atoms with Crippen LogP contribution in [0.5, 0.6) is 0 Å². The Morgan fingerprint density at radius 1 is 1.00 bits per heavy atom. The summed E-state index contributed by atoms with van der Waals surface area (Å²) >= 11 is 0. The third kappa shape index (κ3) is 3.66. The number of aryl methyl sites for hydroxylation is 2. The lowest BCUT2D eigenvalue weighted by atomic mass is 9.73. The van der Waals surface area contributed by atoms with E-state index in [2.05, 4.69) is 42.6 Å². The molecular formula is C24H29NO2. The second-order valence-corrected chi connectivity index (χ2v) is 7.99. The molecule has 1 N–H and O–H groups in total. The SMILES string of the molecule is C[C@H](NC(=O)C1(c2ccccc2)CCOCC1)c1ccc2c(c1)CCCC2. The van der Waals surface area contributed by atoms with Crippen LogP contribution in [0.4, 0.5) is 0 Å². The maximum atomic E-state index is 13.4. The van der Waals surface area contributed by atoms with Crippen molar-refractivity contribution in [3.05, 3.63) is 70.8 Å². The van der Waals surface area contributed by atoms with Gasteiger partial charge in [-0.2, -0.15) is 0 Å². The molecular weight excluding hydrogens is 334 g/mol. The molecule has 3 heteroatoms. The number of fused-ring (bicyclic) bond motifs is 1. The van der Waals surface area contributed by atoms with Crippen molar-refractivity contribution >= 4 is 5.91 Å². The zero-order valence-corrected chi connectivity index (χ0v) is 16.2. The van der Waals surface area contributed by atoms with Gasteiger partial charge in [-0.1, -0.05) is 48.5 Å². The molecule has 0 saturated carbocycles. The summed E-state index contributed by atoms with van der Waals surface area (Å²) in [5.74, 6) is 0.127. The summed E-state index contributed by atoms with van der Waals surface area (Å²) in [7, 11) is 0. The Hall–Kier alpha value is -2.13. The van der Waals surface area contributed by atoms with Gasteiger partial charge >= 0.3 is 0 Å². The van der Waals surface area contributed by atoms with Gasteiger partial charge in [-0.3, -0.25) is 4.79 Å². The van der Waals surface area contributed by atoms with Crippen LogP contribution in [0.1, 0.15) is 60.9 Å². The van der Waals surface area contributed by atoms with Gasteiger partial charge in [-0.15, -0.1) is 0 Å². The van der Waals surface area contributed by atoms with Gasteiger partial charge in [0.1, 0.15) is 0 Å². The van der Waals surface area contributed by atoms with E-state index in [1.54, 1.807) is 0 Å².